The van der Waals surface area contributed by atoms with Crippen molar-refractivity contribution in [3.63, 3.8) is 0 Å². The minimum Gasteiger partial charge on any atom is -0.353 e. The van der Waals surface area contributed by atoms with Gasteiger partial charge >= 0.3 is 0 Å². The summed E-state index contributed by atoms with van der Waals surface area (Å²) >= 11 is 0. The minimum absolute atomic E-state index is 0.218. The van der Waals surface area contributed by atoms with Crippen molar-refractivity contribution in [1.29, 1.82) is 0 Å². The first-order chi connectivity index (χ1) is 10.3. The second-order valence-corrected chi connectivity index (χ2v) is 6.15. The van der Waals surface area contributed by atoms with Gasteiger partial charge in [-0.2, -0.15) is 0 Å². The second-order valence-electron chi connectivity index (χ2n) is 6.15. The minimum atomic E-state index is 0.218. The number of hydrogen-bond donors (Lipinski definition) is 2. The zero-order valence-corrected chi connectivity index (χ0v) is 12.9. The van der Waals surface area contributed by atoms with E-state index in [-0.39, 0.29) is 5.91 Å². The third-order valence-corrected chi connectivity index (χ3v) is 4.19. The molecule has 1 atom stereocenters. The second kappa shape index (κ2) is 8.83. The number of amides is 1. The Labute approximate surface area is 128 Å². The molecule has 116 valence electrons. The number of nitrogens with two attached hydrogens (primary N) is 1. The van der Waals surface area contributed by atoms with Gasteiger partial charge in [-0.25, -0.2) is 0 Å². The van der Waals surface area contributed by atoms with E-state index in [4.69, 9.17) is 5.73 Å². The van der Waals surface area contributed by atoms with E-state index in [1.54, 1.807) is 0 Å². The van der Waals surface area contributed by atoms with Crippen LogP contribution in [0.5, 0.6) is 0 Å². The molecule has 21 heavy (non-hydrogen) atoms. The Morgan fingerprint density at radius 2 is 1.86 bits per heavy atom. The molecule has 0 spiro atoms. The van der Waals surface area contributed by atoms with Gasteiger partial charge in [-0.1, -0.05) is 43.2 Å². The van der Waals surface area contributed by atoms with Gasteiger partial charge in [0, 0.05) is 12.5 Å². The largest absolute Gasteiger partial charge is 0.353 e. The molecule has 3 nitrogen and oxygen atoms in total. The van der Waals surface area contributed by atoms with Gasteiger partial charge in [0.2, 0.25) is 5.91 Å². The predicted octanol–water partition coefficient (Wildman–Crippen LogP) is 3.03. The van der Waals surface area contributed by atoms with Gasteiger partial charge in [-0.05, 0) is 50.1 Å². The van der Waals surface area contributed by atoms with E-state index in [0.29, 0.717) is 18.4 Å². The number of nitrogens with one attached hydrogen (secondary N) is 1. The standard InChI is InChI=1S/C18H28N2O/c19-13-7-2-1-6-10-18(21)20-17(16-11-12-16)14-15-8-4-3-5-9-15/h3-5,8-9,16-17H,1-2,6-7,10-14,19H2,(H,20,21). The maximum absolute atomic E-state index is 12.1. The summed E-state index contributed by atoms with van der Waals surface area (Å²) in [6, 6.07) is 10.8. The molecular weight excluding hydrogens is 260 g/mol. The smallest absolute Gasteiger partial charge is 0.220 e. The first kappa shape index (κ1) is 16.0. The van der Waals surface area contributed by atoms with Gasteiger partial charge in [0.1, 0.15) is 0 Å². The Hall–Kier alpha value is -1.35. The highest BCUT2D eigenvalue weighted by atomic mass is 16.1. The van der Waals surface area contributed by atoms with Crippen LogP contribution in [-0.2, 0) is 11.2 Å². The van der Waals surface area contributed by atoms with E-state index in [0.717, 1.165) is 38.6 Å². The lowest BCUT2D eigenvalue weighted by Gasteiger charge is -2.18. The Morgan fingerprint density at radius 1 is 1.14 bits per heavy atom. The van der Waals surface area contributed by atoms with E-state index in [1.165, 1.54) is 18.4 Å². The van der Waals surface area contributed by atoms with Crippen LogP contribution in [0.25, 0.3) is 0 Å². The van der Waals surface area contributed by atoms with Crippen molar-refractivity contribution in [2.45, 2.75) is 57.4 Å². The number of carbonyl (C=O) groups is 1. The number of unbranched alkanes of at least 4 members (excludes halogenated alkanes) is 3. The third-order valence-electron chi connectivity index (χ3n) is 4.19. The van der Waals surface area contributed by atoms with Gasteiger partial charge in [-0.15, -0.1) is 0 Å². The van der Waals surface area contributed by atoms with Crippen molar-refractivity contribution in [1.82, 2.24) is 5.32 Å². The van der Waals surface area contributed by atoms with Crippen LogP contribution in [0.3, 0.4) is 0 Å². The summed E-state index contributed by atoms with van der Waals surface area (Å²) in [5, 5.41) is 3.25. The fraction of sp³-hybridized carbons (Fsp3) is 0.611. The molecule has 1 aromatic carbocycles. The average molecular weight is 288 g/mol. The topological polar surface area (TPSA) is 55.1 Å². The van der Waals surface area contributed by atoms with Gasteiger partial charge in [0.25, 0.3) is 0 Å². The van der Waals surface area contributed by atoms with Crippen LogP contribution in [0, 0.1) is 5.92 Å². The van der Waals surface area contributed by atoms with Crippen LogP contribution in [0.15, 0.2) is 30.3 Å². The van der Waals surface area contributed by atoms with Crippen LogP contribution in [0.1, 0.15) is 50.5 Å². The lowest BCUT2D eigenvalue weighted by atomic mass is 10.0. The van der Waals surface area contributed by atoms with Crippen molar-refractivity contribution in [3.8, 4) is 0 Å². The van der Waals surface area contributed by atoms with E-state index < -0.39 is 0 Å². The molecule has 0 radical (unpaired) electrons. The zero-order valence-electron chi connectivity index (χ0n) is 12.9. The Balaban J connectivity index is 1.71. The molecule has 1 fully saturated rings. The molecule has 1 aliphatic rings. The molecular formula is C18H28N2O. The molecule has 1 aliphatic carbocycles. The Kier molecular flexibility index (Phi) is 6.74. The summed E-state index contributed by atoms with van der Waals surface area (Å²) in [6.07, 6.45) is 8.43. The van der Waals surface area contributed by atoms with Crippen LogP contribution in [-0.4, -0.2) is 18.5 Å². The monoisotopic (exact) mass is 288 g/mol. The highest BCUT2D eigenvalue weighted by molar-refractivity contribution is 5.76. The molecule has 3 N–H and O–H groups in total. The van der Waals surface area contributed by atoms with Crippen molar-refractivity contribution >= 4 is 5.91 Å². The summed E-state index contributed by atoms with van der Waals surface area (Å²) < 4.78 is 0. The van der Waals surface area contributed by atoms with E-state index in [9.17, 15) is 4.79 Å². The molecule has 2 rings (SSSR count). The van der Waals surface area contributed by atoms with Crippen molar-refractivity contribution in [2.24, 2.45) is 11.7 Å². The Bertz CT molecular complexity index is 414. The SMILES string of the molecule is NCCCCCCC(=O)NC(Cc1ccccc1)C1CC1. The maximum atomic E-state index is 12.1. The van der Waals surface area contributed by atoms with Crippen LogP contribution in [0.4, 0.5) is 0 Å². The van der Waals surface area contributed by atoms with Crippen LogP contribution >= 0.6 is 0 Å². The molecule has 0 bridgehead atoms. The van der Waals surface area contributed by atoms with Gasteiger partial charge in [0.15, 0.2) is 0 Å². The molecule has 1 amide bonds. The maximum Gasteiger partial charge on any atom is 0.220 e. The normalized spacial score (nSPS) is 15.7. The summed E-state index contributed by atoms with van der Waals surface area (Å²) in [7, 11) is 0. The molecule has 0 aromatic heterocycles. The summed E-state index contributed by atoms with van der Waals surface area (Å²) in [4.78, 5) is 12.1. The highest BCUT2D eigenvalue weighted by Crippen LogP contribution is 2.34. The van der Waals surface area contributed by atoms with Crippen molar-refractivity contribution in [3.05, 3.63) is 35.9 Å². The van der Waals surface area contributed by atoms with Crippen molar-refractivity contribution < 1.29 is 4.79 Å². The number of hydrogen-bond acceptors (Lipinski definition) is 2. The molecule has 3 heteroatoms. The van der Waals surface area contributed by atoms with E-state index in [1.807, 2.05) is 6.07 Å². The first-order valence-electron chi connectivity index (χ1n) is 8.33. The van der Waals surface area contributed by atoms with Crippen LogP contribution < -0.4 is 11.1 Å². The van der Waals surface area contributed by atoms with E-state index >= 15 is 0 Å². The molecule has 1 aromatic rings. The number of rotatable bonds is 10. The van der Waals surface area contributed by atoms with Gasteiger partial charge in [0.05, 0.1) is 0 Å². The number of carbonyl (C=O) groups excluding carboxylic acids is 1. The summed E-state index contributed by atoms with van der Waals surface area (Å²) in [5.41, 5.74) is 6.79. The lowest BCUT2D eigenvalue weighted by Crippen LogP contribution is -2.37. The fourth-order valence-electron chi connectivity index (χ4n) is 2.76. The summed E-state index contributed by atoms with van der Waals surface area (Å²) in [5.74, 6) is 0.905. The van der Waals surface area contributed by atoms with Crippen LogP contribution in [0.2, 0.25) is 0 Å². The molecule has 0 aliphatic heterocycles. The van der Waals surface area contributed by atoms with Gasteiger partial charge < -0.3 is 11.1 Å². The summed E-state index contributed by atoms with van der Waals surface area (Å²) in [6.45, 7) is 0.757. The average Bonchev–Trinajstić information content (AvgIpc) is 3.32. The molecule has 0 heterocycles. The lowest BCUT2D eigenvalue weighted by molar-refractivity contribution is -0.122. The number of benzene rings is 1. The van der Waals surface area contributed by atoms with E-state index in [2.05, 4.69) is 29.6 Å². The predicted molar refractivity (Wildman–Crippen MR) is 86.9 cm³/mol. The zero-order chi connectivity index (χ0) is 14.9. The van der Waals surface area contributed by atoms with Crippen molar-refractivity contribution in [2.75, 3.05) is 6.54 Å². The molecule has 1 unspecified atom stereocenters. The highest BCUT2D eigenvalue weighted by Gasteiger charge is 2.32. The third kappa shape index (κ3) is 6.30. The van der Waals surface area contributed by atoms with Gasteiger partial charge in [-0.3, -0.25) is 4.79 Å². The molecule has 1 saturated carbocycles. The fourth-order valence-corrected chi connectivity index (χ4v) is 2.76. The first-order valence-corrected chi connectivity index (χ1v) is 8.33. The quantitative estimate of drug-likeness (QED) is 0.650. The Morgan fingerprint density at radius 3 is 2.52 bits per heavy atom. The molecule has 0 saturated heterocycles.